The number of carbonyl (C=O) groups is 2. The molecule has 2 fully saturated rings. The van der Waals surface area contributed by atoms with Crippen LogP contribution in [0.5, 0.6) is 0 Å². The van der Waals surface area contributed by atoms with Gasteiger partial charge in [0, 0.05) is 24.0 Å². The van der Waals surface area contributed by atoms with Gasteiger partial charge in [-0.15, -0.1) is 0 Å². The third-order valence-electron chi connectivity index (χ3n) is 6.29. The number of aromatic amines is 1. The van der Waals surface area contributed by atoms with E-state index in [1.165, 1.54) is 0 Å². The van der Waals surface area contributed by atoms with Gasteiger partial charge in [-0.05, 0) is 47.6 Å². The van der Waals surface area contributed by atoms with Crippen molar-refractivity contribution in [2.75, 3.05) is 13.1 Å². The van der Waals surface area contributed by atoms with Crippen molar-refractivity contribution in [3.63, 3.8) is 0 Å². The number of likely N-dealkylation sites (tertiary alicyclic amines) is 1. The Kier molecular flexibility index (Phi) is 3.17. The van der Waals surface area contributed by atoms with Crippen LogP contribution in [-0.4, -0.2) is 40.0 Å². The van der Waals surface area contributed by atoms with Crippen molar-refractivity contribution < 1.29 is 14.7 Å². The van der Waals surface area contributed by atoms with E-state index < -0.39 is 5.97 Å². The highest BCUT2D eigenvalue weighted by atomic mass is 16.4. The molecule has 1 atom stereocenters. The van der Waals surface area contributed by atoms with Crippen LogP contribution < -0.4 is 0 Å². The number of nitrogens with zero attached hydrogens (tertiary/aromatic N) is 1. The first-order chi connectivity index (χ1) is 12.6. The molecule has 132 valence electrons. The van der Waals surface area contributed by atoms with Gasteiger partial charge in [0.1, 0.15) is 5.69 Å². The summed E-state index contributed by atoms with van der Waals surface area (Å²) in [7, 11) is 0. The smallest absolute Gasteiger partial charge is 0.307 e. The minimum Gasteiger partial charge on any atom is -0.481 e. The third kappa shape index (κ3) is 2.23. The molecule has 1 spiro atoms. The molecule has 0 radical (unpaired) electrons. The van der Waals surface area contributed by atoms with Gasteiger partial charge in [-0.25, -0.2) is 0 Å². The molecule has 1 aromatic heterocycles. The Morgan fingerprint density at radius 2 is 1.85 bits per heavy atom. The summed E-state index contributed by atoms with van der Waals surface area (Å²) in [5.74, 6) is -0.890. The van der Waals surface area contributed by atoms with E-state index in [2.05, 4.69) is 23.2 Å². The lowest BCUT2D eigenvalue weighted by atomic mass is 9.90. The van der Waals surface area contributed by atoms with Gasteiger partial charge in [0.25, 0.3) is 5.91 Å². The second-order valence-corrected chi connectivity index (χ2v) is 7.68. The number of H-pyrrole nitrogens is 1. The molecule has 5 heteroatoms. The van der Waals surface area contributed by atoms with Crippen molar-refractivity contribution >= 4 is 33.6 Å². The Labute approximate surface area is 150 Å². The number of benzene rings is 2. The molecule has 1 unspecified atom stereocenters. The first kappa shape index (κ1) is 15.4. The summed E-state index contributed by atoms with van der Waals surface area (Å²) < 4.78 is 0. The second kappa shape index (κ2) is 5.34. The maximum absolute atomic E-state index is 12.9. The van der Waals surface area contributed by atoms with Gasteiger partial charge >= 0.3 is 5.97 Å². The number of rotatable bonds is 2. The van der Waals surface area contributed by atoms with E-state index in [0.717, 1.165) is 40.9 Å². The molecule has 1 aliphatic carbocycles. The number of aliphatic carboxylic acids is 1. The number of aromatic nitrogens is 1. The summed E-state index contributed by atoms with van der Waals surface area (Å²) in [6, 6.07) is 14.2. The summed E-state index contributed by atoms with van der Waals surface area (Å²) >= 11 is 0. The van der Waals surface area contributed by atoms with E-state index >= 15 is 0 Å². The Morgan fingerprint density at radius 3 is 2.58 bits per heavy atom. The Balaban J connectivity index is 1.39. The molecular weight excluding hydrogens is 328 g/mol. The molecule has 2 heterocycles. The van der Waals surface area contributed by atoms with E-state index in [0.29, 0.717) is 18.8 Å². The summed E-state index contributed by atoms with van der Waals surface area (Å²) in [6.07, 6.45) is 2.35. The van der Waals surface area contributed by atoms with Gasteiger partial charge in [-0.3, -0.25) is 9.59 Å². The number of carbonyl (C=O) groups excluding carboxylic acids is 1. The van der Waals surface area contributed by atoms with Crippen molar-refractivity contribution in [1.82, 2.24) is 9.88 Å². The minimum absolute atomic E-state index is 0.00709. The fourth-order valence-corrected chi connectivity index (χ4v) is 4.58. The van der Waals surface area contributed by atoms with Gasteiger partial charge in [-0.2, -0.15) is 0 Å². The standard InChI is InChI=1S/C21H20N2O3/c24-19(23-9-7-21(8-10-23)12-16(21)20(25)26)18-11-15-14-4-2-1-3-13(14)5-6-17(15)22-18/h1-6,11,16,22H,7-10,12H2,(H,25,26). The molecule has 26 heavy (non-hydrogen) atoms. The molecule has 2 aromatic carbocycles. The van der Waals surface area contributed by atoms with Crippen LogP contribution in [0.4, 0.5) is 0 Å². The average molecular weight is 348 g/mol. The minimum atomic E-state index is -0.688. The van der Waals surface area contributed by atoms with Crippen LogP contribution >= 0.6 is 0 Å². The molecule has 3 aromatic rings. The zero-order chi connectivity index (χ0) is 17.9. The Hall–Kier alpha value is -2.82. The van der Waals surface area contributed by atoms with Crippen molar-refractivity contribution in [3.05, 3.63) is 48.2 Å². The first-order valence-electron chi connectivity index (χ1n) is 9.10. The third-order valence-corrected chi connectivity index (χ3v) is 6.29. The SMILES string of the molecule is O=C(O)C1CC12CCN(C(=O)c1cc3c(ccc4ccccc43)[nH]1)CC2. The lowest BCUT2D eigenvalue weighted by Crippen LogP contribution is -2.40. The van der Waals surface area contributed by atoms with Crippen LogP contribution in [0.25, 0.3) is 21.7 Å². The van der Waals surface area contributed by atoms with Gasteiger partial charge in [0.05, 0.1) is 5.92 Å². The maximum atomic E-state index is 12.9. The number of carboxylic acid groups (broad SMARTS) is 1. The summed E-state index contributed by atoms with van der Waals surface area (Å²) in [5.41, 5.74) is 1.52. The number of hydrogen-bond donors (Lipinski definition) is 2. The maximum Gasteiger partial charge on any atom is 0.307 e. The highest BCUT2D eigenvalue weighted by molar-refractivity contribution is 6.09. The molecule has 2 N–H and O–H groups in total. The van der Waals surface area contributed by atoms with E-state index in [1.807, 2.05) is 29.2 Å². The van der Waals surface area contributed by atoms with Crippen LogP contribution in [-0.2, 0) is 4.79 Å². The first-order valence-corrected chi connectivity index (χ1v) is 9.10. The normalized spacial score (nSPS) is 21.4. The fraction of sp³-hybridized carbons (Fsp3) is 0.333. The number of hydrogen-bond acceptors (Lipinski definition) is 2. The largest absolute Gasteiger partial charge is 0.481 e. The highest BCUT2D eigenvalue weighted by Crippen LogP contribution is 2.59. The molecule has 2 aliphatic rings. The zero-order valence-electron chi connectivity index (χ0n) is 14.4. The lowest BCUT2D eigenvalue weighted by Gasteiger charge is -2.32. The lowest BCUT2D eigenvalue weighted by molar-refractivity contribution is -0.139. The van der Waals surface area contributed by atoms with E-state index in [-0.39, 0.29) is 17.2 Å². The monoisotopic (exact) mass is 348 g/mol. The number of amides is 1. The van der Waals surface area contributed by atoms with Crippen LogP contribution in [0.3, 0.4) is 0 Å². The van der Waals surface area contributed by atoms with Crippen molar-refractivity contribution in [3.8, 4) is 0 Å². The van der Waals surface area contributed by atoms with Gasteiger partial charge in [0.15, 0.2) is 0 Å². The van der Waals surface area contributed by atoms with Gasteiger partial charge in [-0.1, -0.05) is 30.3 Å². The molecule has 1 amide bonds. The summed E-state index contributed by atoms with van der Waals surface area (Å²) in [4.78, 5) is 29.2. The molecule has 1 saturated heterocycles. The molecule has 5 rings (SSSR count). The van der Waals surface area contributed by atoms with E-state index in [4.69, 9.17) is 0 Å². The van der Waals surface area contributed by atoms with Crippen LogP contribution in [0.15, 0.2) is 42.5 Å². The number of fused-ring (bicyclic) bond motifs is 3. The molecular formula is C21H20N2O3. The van der Waals surface area contributed by atoms with Crippen LogP contribution in [0.1, 0.15) is 29.8 Å². The second-order valence-electron chi connectivity index (χ2n) is 7.68. The van der Waals surface area contributed by atoms with Crippen molar-refractivity contribution in [2.24, 2.45) is 11.3 Å². The summed E-state index contributed by atoms with van der Waals surface area (Å²) in [5, 5.41) is 12.6. The predicted octanol–water partition coefficient (Wildman–Crippen LogP) is 3.65. The van der Waals surface area contributed by atoms with Gasteiger partial charge in [0.2, 0.25) is 0 Å². The van der Waals surface area contributed by atoms with Crippen LogP contribution in [0, 0.1) is 11.3 Å². The molecule has 1 saturated carbocycles. The number of piperidine rings is 1. The molecule has 5 nitrogen and oxygen atoms in total. The van der Waals surface area contributed by atoms with Gasteiger partial charge < -0.3 is 15.0 Å². The molecule has 0 bridgehead atoms. The quantitative estimate of drug-likeness (QED) is 0.742. The highest BCUT2D eigenvalue weighted by Gasteiger charge is 2.59. The Morgan fingerprint density at radius 1 is 1.08 bits per heavy atom. The van der Waals surface area contributed by atoms with E-state index in [1.54, 1.807) is 0 Å². The average Bonchev–Trinajstić information content (AvgIpc) is 3.18. The predicted molar refractivity (Wildman–Crippen MR) is 99.1 cm³/mol. The van der Waals surface area contributed by atoms with E-state index in [9.17, 15) is 14.7 Å². The number of carboxylic acids is 1. The topological polar surface area (TPSA) is 73.4 Å². The number of nitrogens with one attached hydrogen (secondary N) is 1. The van der Waals surface area contributed by atoms with Crippen LogP contribution in [0.2, 0.25) is 0 Å². The fourth-order valence-electron chi connectivity index (χ4n) is 4.58. The zero-order valence-corrected chi connectivity index (χ0v) is 14.4. The van der Waals surface area contributed by atoms with Crippen molar-refractivity contribution in [1.29, 1.82) is 0 Å². The molecule has 1 aliphatic heterocycles. The summed E-state index contributed by atoms with van der Waals surface area (Å²) in [6.45, 7) is 1.28. The van der Waals surface area contributed by atoms with Crippen molar-refractivity contribution in [2.45, 2.75) is 19.3 Å². The Bertz CT molecular complexity index is 1040.